The summed E-state index contributed by atoms with van der Waals surface area (Å²) in [7, 11) is -4.64. The maximum atomic E-state index is 12.0. The zero-order valence-electron chi connectivity index (χ0n) is 19.6. The van der Waals surface area contributed by atoms with Crippen LogP contribution in [0.5, 0.6) is 0 Å². The monoisotopic (exact) mass is 546 g/mol. The van der Waals surface area contributed by atoms with Gasteiger partial charge in [-0.2, -0.15) is 18.6 Å². The molecule has 0 aliphatic heterocycles. The highest BCUT2D eigenvalue weighted by molar-refractivity contribution is 7.94. The van der Waals surface area contributed by atoms with Gasteiger partial charge in [-0.05, 0) is 60.3 Å². The third-order valence-corrected chi connectivity index (χ3v) is 5.96. The molecule has 0 spiro atoms. The molecule has 194 valence electrons. The maximum Gasteiger partial charge on any atom is 0.295 e. The number of non-ortho nitro benzene ring substituents is 1. The van der Waals surface area contributed by atoms with Gasteiger partial charge in [0.2, 0.25) is 0 Å². The van der Waals surface area contributed by atoms with E-state index in [-0.39, 0.29) is 21.8 Å². The number of nitrogens with zero attached hydrogens (tertiary/aromatic N) is 4. The topological polar surface area (TPSA) is 173 Å². The number of rotatable bonds is 10. The van der Waals surface area contributed by atoms with E-state index in [1.807, 2.05) is 13.8 Å². The van der Waals surface area contributed by atoms with Gasteiger partial charge in [0.1, 0.15) is 4.90 Å². The molecule has 37 heavy (non-hydrogen) atoms. The van der Waals surface area contributed by atoms with Crippen molar-refractivity contribution in [2.75, 3.05) is 0 Å². The molecule has 0 radical (unpaired) electrons. The summed E-state index contributed by atoms with van der Waals surface area (Å²) in [5, 5.41) is 31.0. The predicted molar refractivity (Wildman–Crippen MR) is 140 cm³/mol. The number of hydrogen-bond acceptors (Lipinski definition) is 11. The van der Waals surface area contributed by atoms with Crippen molar-refractivity contribution in [3.63, 3.8) is 0 Å². The van der Waals surface area contributed by atoms with Gasteiger partial charge in [-0.25, -0.2) is 5.26 Å². The molecule has 0 unspecified atom stereocenters. The van der Waals surface area contributed by atoms with Crippen molar-refractivity contribution in [1.29, 1.82) is 0 Å². The number of aliphatic imine (C=N–C) groups is 1. The Bertz CT molecular complexity index is 1410. The van der Waals surface area contributed by atoms with E-state index < -0.39 is 19.9 Å². The van der Waals surface area contributed by atoms with Gasteiger partial charge in [-0.3, -0.25) is 19.7 Å². The normalized spacial score (nSPS) is 11.4. The Labute approximate surface area is 217 Å². The quantitative estimate of drug-likeness (QED) is 0.0389. The second-order valence-corrected chi connectivity index (χ2v) is 8.74. The van der Waals surface area contributed by atoms with Crippen LogP contribution in [0.25, 0.3) is 12.2 Å². The van der Waals surface area contributed by atoms with Crippen LogP contribution in [0.3, 0.4) is 0 Å². The molecule has 0 aliphatic rings. The van der Waals surface area contributed by atoms with Crippen LogP contribution in [0.4, 0.5) is 22.7 Å². The van der Waals surface area contributed by atoms with E-state index in [1.54, 1.807) is 24.3 Å². The maximum absolute atomic E-state index is 12.0. The van der Waals surface area contributed by atoms with Crippen LogP contribution >= 0.6 is 12.0 Å². The standard InChI is InChI=1S/C21H16N4O8S2.C2H6/c1-22-16-7-9-17(10-8-16)23-24-18-6-4-15(21(12-18)35(29,30)31)3-2-14-5-11-19(25(26)27)13-20(14)34-33-32-28;1-2/h2-13,28H,1H2,(H,29,30,31);1-2H3/b3-2-,24-23?;. The zero-order chi connectivity index (χ0) is 27.4. The fourth-order valence-corrected chi connectivity index (χ4v) is 3.97. The van der Waals surface area contributed by atoms with E-state index in [9.17, 15) is 23.1 Å². The molecule has 0 heterocycles. The number of hydrogen-bond donors (Lipinski definition) is 2. The fourth-order valence-electron chi connectivity index (χ4n) is 2.76. The Hall–Kier alpha value is -3.79. The van der Waals surface area contributed by atoms with E-state index in [4.69, 9.17) is 5.26 Å². The Morgan fingerprint density at radius 1 is 0.946 bits per heavy atom. The van der Waals surface area contributed by atoms with Gasteiger partial charge in [0.05, 0.1) is 38.9 Å². The van der Waals surface area contributed by atoms with Crippen LogP contribution in [-0.2, 0) is 19.5 Å². The van der Waals surface area contributed by atoms with Crippen molar-refractivity contribution in [2.24, 2.45) is 15.2 Å². The largest absolute Gasteiger partial charge is 0.295 e. The first-order chi connectivity index (χ1) is 17.7. The molecule has 14 heteroatoms. The second-order valence-electron chi connectivity index (χ2n) is 6.61. The third kappa shape index (κ3) is 8.68. The van der Waals surface area contributed by atoms with Gasteiger partial charge in [0, 0.05) is 12.1 Å². The third-order valence-electron chi connectivity index (χ3n) is 4.39. The van der Waals surface area contributed by atoms with Crippen molar-refractivity contribution >= 4 is 63.8 Å². The lowest BCUT2D eigenvalue weighted by Crippen LogP contribution is -2.00. The lowest BCUT2D eigenvalue weighted by molar-refractivity contribution is -0.432. The lowest BCUT2D eigenvalue weighted by Gasteiger charge is -2.06. The highest BCUT2D eigenvalue weighted by Crippen LogP contribution is 2.31. The molecule has 0 atom stereocenters. The minimum absolute atomic E-state index is 0.112. The van der Waals surface area contributed by atoms with Gasteiger partial charge in [-0.15, -0.1) is 4.33 Å². The van der Waals surface area contributed by atoms with Crippen molar-refractivity contribution in [3.8, 4) is 0 Å². The van der Waals surface area contributed by atoms with Crippen LogP contribution in [0, 0.1) is 10.1 Å². The molecule has 2 N–H and O–H groups in total. The first-order valence-corrected chi connectivity index (χ1v) is 12.6. The highest BCUT2D eigenvalue weighted by atomic mass is 32.2. The van der Waals surface area contributed by atoms with Gasteiger partial charge in [0.25, 0.3) is 15.8 Å². The fraction of sp³-hybridized carbons (Fsp3) is 0.0870. The van der Waals surface area contributed by atoms with Crippen LogP contribution in [0.1, 0.15) is 25.0 Å². The van der Waals surface area contributed by atoms with Crippen molar-refractivity contribution in [1.82, 2.24) is 0 Å². The number of azo groups is 1. The summed E-state index contributed by atoms with van der Waals surface area (Å²) in [4.78, 5) is 13.9. The number of nitro benzene ring substituents is 1. The minimum atomic E-state index is -4.64. The van der Waals surface area contributed by atoms with Crippen molar-refractivity contribution < 1.29 is 32.5 Å². The molecular weight excluding hydrogens is 524 g/mol. The average Bonchev–Trinajstić information content (AvgIpc) is 2.90. The summed E-state index contributed by atoms with van der Waals surface area (Å²) in [6.45, 7) is 7.42. The number of benzene rings is 3. The molecule has 0 saturated heterocycles. The molecular formula is C23H22N4O8S2. The van der Waals surface area contributed by atoms with Crippen LogP contribution in [-0.4, -0.2) is 29.9 Å². The summed E-state index contributed by atoms with van der Waals surface area (Å²) in [5.41, 5.74) is 1.56. The van der Waals surface area contributed by atoms with Crippen molar-refractivity contribution in [3.05, 3.63) is 81.9 Å². The first kappa shape index (κ1) is 29.4. The molecule has 0 bridgehead atoms. The van der Waals surface area contributed by atoms with E-state index in [1.165, 1.54) is 42.5 Å². The van der Waals surface area contributed by atoms with E-state index in [0.29, 0.717) is 29.0 Å². The van der Waals surface area contributed by atoms with Crippen LogP contribution in [0.2, 0.25) is 0 Å². The molecule has 3 rings (SSSR count). The summed E-state index contributed by atoms with van der Waals surface area (Å²) in [6.07, 6.45) is 2.81. The molecule has 0 fully saturated rings. The molecule has 12 nitrogen and oxygen atoms in total. The smallest absolute Gasteiger partial charge is 0.282 e. The molecule has 3 aromatic rings. The Morgan fingerprint density at radius 3 is 2.11 bits per heavy atom. The van der Waals surface area contributed by atoms with Gasteiger partial charge in [0.15, 0.2) is 0 Å². The summed E-state index contributed by atoms with van der Waals surface area (Å²) < 4.78 is 38.0. The summed E-state index contributed by atoms with van der Waals surface area (Å²) in [5.74, 6) is 0. The second kappa shape index (κ2) is 14.1. The molecule has 0 amide bonds. The SMILES string of the molecule is C=Nc1ccc(N=Nc2ccc(/C=C\c3ccc([N+](=O)[O-])cc3SOOO)c(S(=O)(=O)O)c2)cc1.CC. The average molecular weight is 547 g/mol. The summed E-state index contributed by atoms with van der Waals surface area (Å²) >= 11 is 0.500. The van der Waals surface area contributed by atoms with E-state index >= 15 is 0 Å². The summed E-state index contributed by atoms with van der Waals surface area (Å²) in [6, 6.07) is 14.5. The first-order valence-electron chi connectivity index (χ1n) is 10.4. The lowest BCUT2D eigenvalue weighted by atomic mass is 10.1. The number of nitro groups is 1. The molecule has 3 aromatic carbocycles. The van der Waals surface area contributed by atoms with Crippen molar-refractivity contribution in [2.45, 2.75) is 23.6 Å². The Kier molecular flexibility index (Phi) is 11.2. The molecule has 0 aromatic heterocycles. The highest BCUT2D eigenvalue weighted by Gasteiger charge is 2.16. The predicted octanol–water partition coefficient (Wildman–Crippen LogP) is 7.21. The van der Waals surface area contributed by atoms with Gasteiger partial charge < -0.3 is 0 Å². The van der Waals surface area contributed by atoms with Crippen LogP contribution in [0.15, 0.2) is 85.7 Å². The Balaban J connectivity index is 0.00000235. The minimum Gasteiger partial charge on any atom is -0.282 e. The Morgan fingerprint density at radius 2 is 1.51 bits per heavy atom. The van der Waals surface area contributed by atoms with Gasteiger partial charge >= 0.3 is 0 Å². The molecule has 0 saturated carbocycles. The van der Waals surface area contributed by atoms with E-state index in [0.717, 1.165) is 6.07 Å². The molecule has 0 aliphatic carbocycles. The van der Waals surface area contributed by atoms with Crippen LogP contribution < -0.4 is 0 Å². The zero-order valence-corrected chi connectivity index (χ0v) is 21.2. The van der Waals surface area contributed by atoms with Gasteiger partial charge in [-0.1, -0.05) is 37.1 Å². The van der Waals surface area contributed by atoms with E-state index in [2.05, 4.69) is 31.3 Å².